The molecule has 0 saturated heterocycles. The van der Waals surface area contributed by atoms with Gasteiger partial charge in [0.2, 0.25) is 0 Å². The first-order valence-corrected chi connectivity index (χ1v) is 6.42. The van der Waals surface area contributed by atoms with E-state index in [1.54, 1.807) is 18.2 Å². The summed E-state index contributed by atoms with van der Waals surface area (Å²) in [6.45, 7) is 3.50. The summed E-state index contributed by atoms with van der Waals surface area (Å²) in [7, 11) is 1.88. The Morgan fingerprint density at radius 1 is 1.22 bits per heavy atom. The Morgan fingerprint density at radius 3 is 2.39 bits per heavy atom. The molecule has 2 amide bonds. The highest BCUT2D eigenvalue weighted by Crippen LogP contribution is 2.22. The topological polar surface area (TPSA) is 53.2 Å². The molecule has 0 radical (unpaired) electrons. The van der Waals surface area contributed by atoms with Crippen LogP contribution in [0, 0.1) is 5.92 Å². The van der Waals surface area contributed by atoms with Gasteiger partial charge in [-0.1, -0.05) is 30.1 Å². The van der Waals surface area contributed by atoms with Crippen molar-refractivity contribution in [2.45, 2.75) is 6.92 Å². The van der Waals surface area contributed by atoms with Crippen molar-refractivity contribution in [1.29, 1.82) is 0 Å². The molecule has 0 aliphatic rings. The Bertz CT molecular complexity index is 392. The van der Waals surface area contributed by atoms with Crippen molar-refractivity contribution in [1.82, 2.24) is 10.6 Å². The zero-order chi connectivity index (χ0) is 13.5. The van der Waals surface area contributed by atoms with Gasteiger partial charge in [-0.05, 0) is 37.7 Å². The Hall–Kier alpha value is -0.970. The lowest BCUT2D eigenvalue weighted by molar-refractivity contribution is 0.250. The van der Waals surface area contributed by atoms with Crippen molar-refractivity contribution in [3.05, 3.63) is 28.2 Å². The Morgan fingerprint density at radius 2 is 1.83 bits per heavy atom. The van der Waals surface area contributed by atoms with E-state index in [0.717, 1.165) is 6.54 Å². The van der Waals surface area contributed by atoms with Crippen LogP contribution in [0.1, 0.15) is 6.92 Å². The smallest absolute Gasteiger partial charge is 0.319 e. The van der Waals surface area contributed by atoms with Crippen LogP contribution in [0.25, 0.3) is 0 Å². The summed E-state index contributed by atoms with van der Waals surface area (Å²) < 4.78 is 0. The molecule has 100 valence electrons. The highest BCUT2D eigenvalue weighted by Gasteiger charge is 2.06. The van der Waals surface area contributed by atoms with Crippen LogP contribution in [0.15, 0.2) is 18.2 Å². The second-order valence-corrected chi connectivity index (χ2v) is 5.03. The van der Waals surface area contributed by atoms with E-state index in [9.17, 15) is 4.79 Å². The molecule has 0 saturated carbocycles. The fourth-order valence-electron chi connectivity index (χ4n) is 1.49. The lowest BCUT2D eigenvalue weighted by Crippen LogP contribution is -2.35. The molecular weight excluding hydrogens is 273 g/mol. The number of halogens is 2. The number of hydrogen-bond donors (Lipinski definition) is 3. The van der Waals surface area contributed by atoms with Crippen LogP contribution in [0.3, 0.4) is 0 Å². The van der Waals surface area contributed by atoms with Gasteiger partial charge in [0.25, 0.3) is 0 Å². The lowest BCUT2D eigenvalue weighted by atomic mass is 10.2. The summed E-state index contributed by atoms with van der Waals surface area (Å²) in [5, 5.41) is 9.48. The van der Waals surface area contributed by atoms with Crippen LogP contribution in [0.5, 0.6) is 0 Å². The normalized spacial score (nSPS) is 12.0. The first-order chi connectivity index (χ1) is 8.51. The van der Waals surface area contributed by atoms with E-state index < -0.39 is 0 Å². The number of amides is 2. The highest BCUT2D eigenvalue weighted by atomic mass is 35.5. The van der Waals surface area contributed by atoms with Crippen LogP contribution >= 0.6 is 23.2 Å². The first-order valence-electron chi connectivity index (χ1n) is 5.67. The SMILES string of the molecule is CNCC(C)CNC(=O)Nc1cc(Cl)cc(Cl)c1. The lowest BCUT2D eigenvalue weighted by Gasteiger charge is -2.13. The molecule has 0 heterocycles. The summed E-state index contributed by atoms with van der Waals surface area (Å²) in [6, 6.07) is 4.63. The molecule has 1 aromatic rings. The van der Waals surface area contributed by atoms with Crippen molar-refractivity contribution in [2.24, 2.45) is 5.92 Å². The van der Waals surface area contributed by atoms with Gasteiger partial charge in [-0.25, -0.2) is 4.79 Å². The van der Waals surface area contributed by atoms with Gasteiger partial charge in [-0.15, -0.1) is 0 Å². The number of anilines is 1. The van der Waals surface area contributed by atoms with E-state index in [1.807, 2.05) is 14.0 Å². The highest BCUT2D eigenvalue weighted by molar-refractivity contribution is 6.35. The number of urea groups is 1. The average molecular weight is 290 g/mol. The van der Waals surface area contributed by atoms with Gasteiger partial charge in [0.1, 0.15) is 0 Å². The maximum Gasteiger partial charge on any atom is 0.319 e. The predicted octanol–water partition coefficient (Wildman–Crippen LogP) is 2.97. The molecule has 0 aliphatic heterocycles. The first kappa shape index (κ1) is 15.1. The van der Waals surface area contributed by atoms with E-state index in [-0.39, 0.29) is 6.03 Å². The van der Waals surface area contributed by atoms with Crippen molar-refractivity contribution < 1.29 is 4.79 Å². The average Bonchev–Trinajstić information content (AvgIpc) is 2.25. The minimum atomic E-state index is -0.267. The Kier molecular flexibility index (Phi) is 6.25. The van der Waals surface area contributed by atoms with E-state index in [1.165, 1.54) is 0 Å². The summed E-state index contributed by atoms with van der Waals surface area (Å²) in [4.78, 5) is 11.6. The predicted molar refractivity (Wildman–Crippen MR) is 76.6 cm³/mol. The van der Waals surface area contributed by atoms with Gasteiger partial charge in [0, 0.05) is 22.3 Å². The molecule has 6 heteroatoms. The third-order valence-electron chi connectivity index (χ3n) is 2.28. The molecule has 0 fully saturated rings. The van der Waals surface area contributed by atoms with Gasteiger partial charge >= 0.3 is 6.03 Å². The molecule has 0 aliphatic carbocycles. The van der Waals surface area contributed by atoms with Crippen LogP contribution in [-0.4, -0.2) is 26.2 Å². The summed E-state index contributed by atoms with van der Waals surface area (Å²) >= 11 is 11.7. The summed E-state index contributed by atoms with van der Waals surface area (Å²) in [5.74, 6) is 0.365. The number of rotatable bonds is 5. The fraction of sp³-hybridized carbons (Fsp3) is 0.417. The van der Waals surface area contributed by atoms with Gasteiger partial charge in [-0.3, -0.25) is 0 Å². The van der Waals surface area contributed by atoms with Gasteiger partial charge in [0.15, 0.2) is 0 Å². The maximum atomic E-state index is 11.6. The van der Waals surface area contributed by atoms with Crippen molar-refractivity contribution in [2.75, 3.05) is 25.5 Å². The van der Waals surface area contributed by atoms with Gasteiger partial charge in [0.05, 0.1) is 0 Å². The standard InChI is InChI=1S/C12H17Cl2N3O/c1-8(6-15-2)7-16-12(18)17-11-4-9(13)3-10(14)5-11/h3-5,8,15H,6-7H2,1-2H3,(H2,16,17,18). The molecule has 1 atom stereocenters. The van der Waals surface area contributed by atoms with Gasteiger partial charge < -0.3 is 16.0 Å². The number of carbonyl (C=O) groups excluding carboxylic acids is 1. The Labute approximate surface area is 117 Å². The van der Waals surface area contributed by atoms with Crippen molar-refractivity contribution in [3.8, 4) is 0 Å². The molecule has 0 spiro atoms. The number of benzene rings is 1. The summed E-state index contributed by atoms with van der Waals surface area (Å²) in [5.41, 5.74) is 0.575. The van der Waals surface area contributed by atoms with E-state index in [0.29, 0.717) is 28.2 Å². The zero-order valence-electron chi connectivity index (χ0n) is 10.4. The van der Waals surface area contributed by atoms with Crippen molar-refractivity contribution in [3.63, 3.8) is 0 Å². The van der Waals surface area contributed by atoms with E-state index in [2.05, 4.69) is 16.0 Å². The molecule has 18 heavy (non-hydrogen) atoms. The molecule has 0 aromatic heterocycles. The van der Waals surface area contributed by atoms with Crippen LogP contribution in [-0.2, 0) is 0 Å². The molecule has 3 N–H and O–H groups in total. The second kappa shape index (κ2) is 7.46. The monoisotopic (exact) mass is 289 g/mol. The third-order valence-corrected chi connectivity index (χ3v) is 2.72. The maximum absolute atomic E-state index is 11.6. The van der Waals surface area contributed by atoms with Crippen LogP contribution in [0.2, 0.25) is 10.0 Å². The van der Waals surface area contributed by atoms with Crippen molar-refractivity contribution >= 4 is 34.9 Å². The summed E-state index contributed by atoms with van der Waals surface area (Å²) in [6.07, 6.45) is 0. The molecular formula is C12H17Cl2N3O. The third kappa shape index (κ3) is 5.58. The molecule has 1 rings (SSSR count). The second-order valence-electron chi connectivity index (χ2n) is 4.16. The van der Waals surface area contributed by atoms with Crippen LogP contribution < -0.4 is 16.0 Å². The number of nitrogens with one attached hydrogen (secondary N) is 3. The van der Waals surface area contributed by atoms with Gasteiger partial charge in [-0.2, -0.15) is 0 Å². The van der Waals surface area contributed by atoms with E-state index in [4.69, 9.17) is 23.2 Å². The molecule has 0 bridgehead atoms. The number of carbonyl (C=O) groups is 1. The minimum Gasteiger partial charge on any atom is -0.338 e. The molecule has 1 unspecified atom stereocenters. The minimum absolute atomic E-state index is 0.267. The molecule has 4 nitrogen and oxygen atoms in total. The number of hydrogen-bond acceptors (Lipinski definition) is 2. The quantitative estimate of drug-likeness (QED) is 0.781. The fourth-order valence-corrected chi connectivity index (χ4v) is 2.01. The zero-order valence-corrected chi connectivity index (χ0v) is 11.9. The largest absolute Gasteiger partial charge is 0.338 e. The van der Waals surface area contributed by atoms with E-state index >= 15 is 0 Å². The Balaban J connectivity index is 2.44. The van der Waals surface area contributed by atoms with Crippen LogP contribution in [0.4, 0.5) is 10.5 Å². The molecule has 1 aromatic carbocycles.